The third-order valence-electron chi connectivity index (χ3n) is 5.17. The van der Waals surface area contributed by atoms with Crippen molar-refractivity contribution >= 4 is 11.7 Å². The lowest BCUT2D eigenvalue weighted by atomic mass is 10.00. The summed E-state index contributed by atoms with van der Waals surface area (Å²) in [6.07, 6.45) is -1.33. The fourth-order valence-corrected chi connectivity index (χ4v) is 3.83. The third-order valence-corrected chi connectivity index (χ3v) is 5.17. The topological polar surface area (TPSA) is 88.3 Å². The number of amides is 1. The minimum Gasteiger partial charge on any atom is -0.413 e. The van der Waals surface area contributed by atoms with Gasteiger partial charge in [-0.15, -0.1) is 10.2 Å². The molecule has 2 heterocycles. The second-order valence-electron chi connectivity index (χ2n) is 9.05. The van der Waals surface area contributed by atoms with Gasteiger partial charge in [-0.3, -0.25) is 9.59 Å². The first-order valence-electron chi connectivity index (χ1n) is 10.1. The number of carbonyl (C=O) groups is 2. The Balaban J connectivity index is 1.81. The maximum atomic E-state index is 14.1. The van der Waals surface area contributed by atoms with Gasteiger partial charge in [0.15, 0.2) is 0 Å². The monoisotopic (exact) mass is 416 g/mol. The van der Waals surface area contributed by atoms with Gasteiger partial charge in [0.1, 0.15) is 12.2 Å². The van der Waals surface area contributed by atoms with E-state index in [1.807, 2.05) is 53.7 Å². The second kappa shape index (κ2) is 8.26. The SMILES string of the molecule is Cc1cc(C)c(-c2nnc(C(=O)C3C[C@H](F)CN3C(=O)CNC(C)(C)C)o2)c(C)c1. The molecule has 8 heteroatoms. The zero-order valence-corrected chi connectivity index (χ0v) is 18.4. The molecule has 1 saturated heterocycles. The minimum atomic E-state index is -1.26. The Morgan fingerprint density at radius 1 is 1.20 bits per heavy atom. The standard InChI is InChI=1S/C22H29FN4O3/c1-12-7-13(2)18(14(3)8-12)20-25-26-21(30-20)19(29)16-9-15(23)11-27(16)17(28)10-24-22(4,5)6/h7-8,15-16,24H,9-11H2,1-6H3/t15-,16?/m0/s1. The number of ketones is 1. The van der Waals surface area contributed by atoms with Gasteiger partial charge in [-0.25, -0.2) is 4.39 Å². The van der Waals surface area contributed by atoms with E-state index in [2.05, 4.69) is 15.5 Å². The predicted octanol–water partition coefficient (Wildman–Crippen LogP) is 3.17. The highest BCUT2D eigenvalue weighted by molar-refractivity contribution is 5.99. The summed E-state index contributed by atoms with van der Waals surface area (Å²) in [7, 11) is 0. The van der Waals surface area contributed by atoms with Crippen molar-refractivity contribution in [1.82, 2.24) is 20.4 Å². The molecule has 1 unspecified atom stereocenters. The normalized spacial score (nSPS) is 19.4. The number of nitrogens with zero attached hydrogens (tertiary/aromatic N) is 3. The molecule has 3 rings (SSSR count). The summed E-state index contributed by atoms with van der Waals surface area (Å²) in [5.41, 5.74) is 3.55. The van der Waals surface area contributed by atoms with Crippen molar-refractivity contribution in [3.05, 3.63) is 34.7 Å². The lowest BCUT2D eigenvalue weighted by molar-refractivity contribution is -0.130. The van der Waals surface area contributed by atoms with Gasteiger partial charge in [0.2, 0.25) is 17.6 Å². The Morgan fingerprint density at radius 3 is 2.43 bits per heavy atom. The molecular weight excluding hydrogens is 387 g/mol. The molecule has 2 atom stereocenters. The molecule has 1 fully saturated rings. The van der Waals surface area contributed by atoms with Gasteiger partial charge in [-0.05, 0) is 52.7 Å². The van der Waals surface area contributed by atoms with Gasteiger partial charge in [-0.1, -0.05) is 17.7 Å². The number of likely N-dealkylation sites (tertiary alicyclic amines) is 1. The largest absolute Gasteiger partial charge is 0.413 e. The highest BCUT2D eigenvalue weighted by atomic mass is 19.1. The number of halogens is 1. The number of carbonyl (C=O) groups excluding carboxylic acids is 2. The maximum absolute atomic E-state index is 14.1. The van der Waals surface area contributed by atoms with Crippen LogP contribution in [0.2, 0.25) is 0 Å². The van der Waals surface area contributed by atoms with Crippen molar-refractivity contribution < 1.29 is 18.4 Å². The molecule has 162 valence electrons. The number of hydrogen-bond donors (Lipinski definition) is 1. The van der Waals surface area contributed by atoms with Crippen molar-refractivity contribution in [2.45, 2.75) is 65.7 Å². The predicted molar refractivity (Wildman–Crippen MR) is 111 cm³/mol. The van der Waals surface area contributed by atoms with Crippen LogP contribution in [0.3, 0.4) is 0 Å². The fourth-order valence-electron chi connectivity index (χ4n) is 3.83. The number of Topliss-reactive ketones (excluding diaryl/α,β-unsaturated/α-hetero) is 1. The summed E-state index contributed by atoms with van der Waals surface area (Å²) in [6, 6.07) is 3.06. The number of rotatable bonds is 5. The van der Waals surface area contributed by atoms with E-state index < -0.39 is 18.0 Å². The zero-order chi connectivity index (χ0) is 22.2. The summed E-state index contributed by atoms with van der Waals surface area (Å²) in [6.45, 7) is 11.6. The van der Waals surface area contributed by atoms with E-state index in [0.717, 1.165) is 22.3 Å². The molecule has 0 aliphatic carbocycles. The molecule has 0 spiro atoms. The van der Waals surface area contributed by atoms with Crippen molar-refractivity contribution in [1.29, 1.82) is 0 Å². The molecule has 1 aliphatic heterocycles. The third kappa shape index (κ3) is 4.75. The Hall–Kier alpha value is -2.61. The van der Waals surface area contributed by atoms with E-state index in [9.17, 15) is 14.0 Å². The maximum Gasteiger partial charge on any atom is 0.286 e. The minimum absolute atomic E-state index is 0.0246. The average Bonchev–Trinajstić information content (AvgIpc) is 3.24. The van der Waals surface area contributed by atoms with Crippen molar-refractivity contribution in [3.63, 3.8) is 0 Å². The van der Waals surface area contributed by atoms with Gasteiger partial charge in [0.05, 0.1) is 13.1 Å². The molecular formula is C22H29FN4O3. The molecule has 30 heavy (non-hydrogen) atoms. The van der Waals surface area contributed by atoms with Crippen LogP contribution in [0.4, 0.5) is 4.39 Å². The molecule has 1 amide bonds. The first kappa shape index (κ1) is 22.1. The van der Waals surface area contributed by atoms with Crippen LogP contribution < -0.4 is 5.32 Å². The molecule has 0 saturated carbocycles. The molecule has 1 N–H and O–H groups in total. The molecule has 2 aromatic rings. The first-order chi connectivity index (χ1) is 14.0. The molecule has 7 nitrogen and oxygen atoms in total. The molecule has 1 aromatic heterocycles. The van der Waals surface area contributed by atoms with Crippen LogP contribution >= 0.6 is 0 Å². The van der Waals surface area contributed by atoms with Crippen LogP contribution in [0.5, 0.6) is 0 Å². The van der Waals surface area contributed by atoms with Gasteiger partial charge < -0.3 is 14.6 Å². The molecule has 1 aromatic carbocycles. The second-order valence-corrected chi connectivity index (χ2v) is 9.05. The highest BCUT2D eigenvalue weighted by Crippen LogP contribution is 2.29. The smallest absolute Gasteiger partial charge is 0.286 e. The molecule has 1 aliphatic rings. The van der Waals surface area contributed by atoms with Gasteiger partial charge >= 0.3 is 0 Å². The van der Waals surface area contributed by atoms with E-state index in [1.165, 1.54) is 4.90 Å². The average molecular weight is 416 g/mol. The lowest BCUT2D eigenvalue weighted by Gasteiger charge is -2.25. The van der Waals surface area contributed by atoms with Gasteiger partial charge in [0.25, 0.3) is 5.89 Å². The summed E-state index contributed by atoms with van der Waals surface area (Å²) in [5.74, 6) is -0.811. The van der Waals surface area contributed by atoms with Gasteiger partial charge in [0, 0.05) is 17.5 Å². The van der Waals surface area contributed by atoms with E-state index >= 15 is 0 Å². The van der Waals surface area contributed by atoms with Crippen LogP contribution in [0.1, 0.15) is 54.6 Å². The van der Waals surface area contributed by atoms with E-state index in [4.69, 9.17) is 4.42 Å². The summed E-state index contributed by atoms with van der Waals surface area (Å²) in [4.78, 5) is 26.9. The van der Waals surface area contributed by atoms with Crippen molar-refractivity contribution in [2.75, 3.05) is 13.1 Å². The highest BCUT2D eigenvalue weighted by Gasteiger charge is 2.42. The Kier molecular flexibility index (Phi) is 6.08. The van der Waals surface area contributed by atoms with Crippen molar-refractivity contribution in [2.24, 2.45) is 0 Å². The van der Waals surface area contributed by atoms with Crippen LogP contribution in [-0.4, -0.2) is 57.6 Å². The number of alkyl halides is 1. The summed E-state index contributed by atoms with van der Waals surface area (Å²) >= 11 is 0. The van der Waals surface area contributed by atoms with Crippen LogP contribution in [0.15, 0.2) is 16.5 Å². The quantitative estimate of drug-likeness (QED) is 0.753. The van der Waals surface area contributed by atoms with Crippen LogP contribution in [0, 0.1) is 20.8 Å². The Labute approximate surface area is 176 Å². The number of benzene rings is 1. The summed E-state index contributed by atoms with van der Waals surface area (Å²) in [5, 5.41) is 11.0. The van der Waals surface area contributed by atoms with Crippen LogP contribution in [0.25, 0.3) is 11.5 Å². The molecule has 0 bridgehead atoms. The number of hydrogen-bond acceptors (Lipinski definition) is 6. The van der Waals surface area contributed by atoms with E-state index in [0.29, 0.717) is 0 Å². The van der Waals surface area contributed by atoms with Gasteiger partial charge in [-0.2, -0.15) is 0 Å². The zero-order valence-electron chi connectivity index (χ0n) is 18.4. The van der Waals surface area contributed by atoms with Crippen LogP contribution in [-0.2, 0) is 4.79 Å². The molecule has 0 radical (unpaired) electrons. The summed E-state index contributed by atoms with van der Waals surface area (Å²) < 4.78 is 19.8. The van der Waals surface area contributed by atoms with E-state index in [1.54, 1.807) is 0 Å². The Morgan fingerprint density at radius 2 is 1.83 bits per heavy atom. The number of aryl methyl sites for hydroxylation is 3. The lowest BCUT2D eigenvalue weighted by Crippen LogP contribution is -2.48. The van der Waals surface area contributed by atoms with Crippen molar-refractivity contribution in [3.8, 4) is 11.5 Å². The Bertz CT molecular complexity index is 941. The van der Waals surface area contributed by atoms with E-state index in [-0.39, 0.29) is 42.7 Å². The number of aromatic nitrogens is 2. The fraction of sp³-hybridized carbons (Fsp3) is 0.545. The number of nitrogens with one attached hydrogen (secondary N) is 1. The first-order valence-corrected chi connectivity index (χ1v) is 10.1.